The summed E-state index contributed by atoms with van der Waals surface area (Å²) in [7, 11) is 0. The van der Waals surface area contributed by atoms with E-state index in [1.807, 2.05) is 27.7 Å². The Bertz CT molecular complexity index is 640. The zero-order valence-electron chi connectivity index (χ0n) is 20.0. The van der Waals surface area contributed by atoms with Crippen molar-refractivity contribution < 1.29 is 28.7 Å². The lowest BCUT2D eigenvalue weighted by Gasteiger charge is -2.26. The number of esters is 1. The fourth-order valence-corrected chi connectivity index (χ4v) is 2.92. The van der Waals surface area contributed by atoms with Crippen LogP contribution in [0.1, 0.15) is 74.7 Å². The standard InChI is InChI=1S/C22H39N3O6/c1-13(2)9-16(12-26)24-20(29)18(11-19(28)31-22(6,7)8)25-21(30)17(10-14(3)4)23-15(5)27/h12-14,16-18H,9-11H2,1-8H3,(H,23,27)(H,24,29)(H,25,30)/t16-,17-,18-/m0/s1. The Hall–Kier alpha value is -2.45. The molecule has 0 aromatic carbocycles. The summed E-state index contributed by atoms with van der Waals surface area (Å²) in [5.74, 6) is -2.04. The van der Waals surface area contributed by atoms with Gasteiger partial charge in [-0.3, -0.25) is 19.2 Å². The molecule has 0 spiro atoms. The molecule has 9 heteroatoms. The zero-order valence-corrected chi connectivity index (χ0v) is 20.0. The number of nitrogens with one attached hydrogen (secondary N) is 3. The van der Waals surface area contributed by atoms with Gasteiger partial charge in [0.05, 0.1) is 12.5 Å². The molecule has 3 amide bonds. The van der Waals surface area contributed by atoms with Crippen LogP contribution in [0.15, 0.2) is 0 Å². The van der Waals surface area contributed by atoms with Gasteiger partial charge in [0.2, 0.25) is 17.7 Å². The topological polar surface area (TPSA) is 131 Å². The Morgan fingerprint density at radius 2 is 1.35 bits per heavy atom. The maximum Gasteiger partial charge on any atom is 0.308 e. The van der Waals surface area contributed by atoms with Crippen LogP contribution in [0.4, 0.5) is 0 Å². The number of carbonyl (C=O) groups is 5. The third-order valence-electron chi connectivity index (χ3n) is 4.04. The Balaban J connectivity index is 5.55. The molecule has 0 rings (SSSR count). The van der Waals surface area contributed by atoms with Crippen molar-refractivity contribution in [3.8, 4) is 0 Å². The minimum Gasteiger partial charge on any atom is -0.460 e. The summed E-state index contributed by atoms with van der Waals surface area (Å²) in [5.41, 5.74) is -0.762. The summed E-state index contributed by atoms with van der Waals surface area (Å²) in [4.78, 5) is 60.8. The highest BCUT2D eigenvalue weighted by Gasteiger charge is 2.31. The molecule has 0 saturated carbocycles. The molecule has 0 aliphatic heterocycles. The predicted molar refractivity (Wildman–Crippen MR) is 117 cm³/mol. The average molecular weight is 442 g/mol. The van der Waals surface area contributed by atoms with Gasteiger partial charge in [0.1, 0.15) is 24.0 Å². The molecule has 3 atom stereocenters. The van der Waals surface area contributed by atoms with Crippen LogP contribution in [0.5, 0.6) is 0 Å². The Kier molecular flexibility index (Phi) is 12.0. The molecule has 0 aliphatic rings. The molecule has 0 heterocycles. The first-order valence-electron chi connectivity index (χ1n) is 10.7. The second kappa shape index (κ2) is 13.1. The average Bonchev–Trinajstić information content (AvgIpc) is 2.56. The van der Waals surface area contributed by atoms with E-state index in [0.29, 0.717) is 19.1 Å². The van der Waals surface area contributed by atoms with Crippen molar-refractivity contribution in [3.63, 3.8) is 0 Å². The van der Waals surface area contributed by atoms with Crippen LogP contribution >= 0.6 is 0 Å². The fraction of sp³-hybridized carbons (Fsp3) is 0.773. The molecule has 0 aliphatic carbocycles. The number of hydrogen-bond donors (Lipinski definition) is 3. The van der Waals surface area contributed by atoms with Gasteiger partial charge in [-0.2, -0.15) is 0 Å². The van der Waals surface area contributed by atoms with Gasteiger partial charge in [-0.1, -0.05) is 27.7 Å². The number of amides is 3. The monoisotopic (exact) mass is 441 g/mol. The van der Waals surface area contributed by atoms with E-state index < -0.39 is 47.9 Å². The van der Waals surface area contributed by atoms with Gasteiger partial charge in [0.25, 0.3) is 0 Å². The number of carbonyl (C=O) groups excluding carboxylic acids is 5. The normalized spacial score (nSPS) is 14.4. The van der Waals surface area contributed by atoms with Crippen LogP contribution in [-0.2, 0) is 28.7 Å². The highest BCUT2D eigenvalue weighted by molar-refractivity contribution is 5.94. The largest absolute Gasteiger partial charge is 0.460 e. The zero-order chi connectivity index (χ0) is 24.4. The Morgan fingerprint density at radius 1 is 0.839 bits per heavy atom. The van der Waals surface area contributed by atoms with Crippen molar-refractivity contribution in [2.45, 2.75) is 98.4 Å². The van der Waals surface area contributed by atoms with Gasteiger partial charge in [0, 0.05) is 6.92 Å². The summed E-state index contributed by atoms with van der Waals surface area (Å²) in [5, 5.41) is 7.69. The SMILES string of the molecule is CC(=O)N[C@@H](CC(C)C)C(=O)N[C@@H](CC(=O)OC(C)(C)C)C(=O)N[C@H](C=O)CC(C)C. The quantitative estimate of drug-likeness (QED) is 0.311. The van der Waals surface area contributed by atoms with Crippen LogP contribution in [0.25, 0.3) is 0 Å². The van der Waals surface area contributed by atoms with Crippen LogP contribution in [0.2, 0.25) is 0 Å². The Labute approximate surface area is 185 Å². The van der Waals surface area contributed by atoms with Crippen molar-refractivity contribution in [3.05, 3.63) is 0 Å². The van der Waals surface area contributed by atoms with Crippen molar-refractivity contribution in [1.29, 1.82) is 0 Å². The molecule has 0 aromatic rings. The predicted octanol–water partition coefficient (Wildman–Crippen LogP) is 1.48. The number of ether oxygens (including phenoxy) is 1. The van der Waals surface area contributed by atoms with Gasteiger partial charge in [-0.05, 0) is 45.4 Å². The molecule has 0 radical (unpaired) electrons. The number of hydrogen-bond acceptors (Lipinski definition) is 6. The lowest BCUT2D eigenvalue weighted by atomic mass is 10.0. The lowest BCUT2D eigenvalue weighted by molar-refractivity contribution is -0.156. The first-order chi connectivity index (χ1) is 14.1. The van der Waals surface area contributed by atoms with Crippen molar-refractivity contribution in [1.82, 2.24) is 16.0 Å². The van der Waals surface area contributed by atoms with E-state index in [1.165, 1.54) is 6.92 Å². The molecule has 0 saturated heterocycles. The van der Waals surface area contributed by atoms with Crippen LogP contribution in [-0.4, -0.2) is 53.7 Å². The summed E-state index contributed by atoms with van der Waals surface area (Å²) in [6.07, 6.45) is 1.00. The second-order valence-corrected chi connectivity index (χ2v) is 9.62. The van der Waals surface area contributed by atoms with E-state index in [0.717, 1.165) is 0 Å². The third kappa shape index (κ3) is 13.5. The van der Waals surface area contributed by atoms with E-state index in [4.69, 9.17) is 4.74 Å². The molecule has 31 heavy (non-hydrogen) atoms. The molecule has 0 bridgehead atoms. The smallest absolute Gasteiger partial charge is 0.308 e. The molecular weight excluding hydrogens is 402 g/mol. The van der Waals surface area contributed by atoms with Crippen LogP contribution in [0.3, 0.4) is 0 Å². The minimum absolute atomic E-state index is 0.103. The summed E-state index contributed by atoms with van der Waals surface area (Å²) in [6, 6.07) is -2.85. The van der Waals surface area contributed by atoms with Crippen molar-refractivity contribution >= 4 is 30.0 Å². The molecule has 0 aromatic heterocycles. The van der Waals surface area contributed by atoms with Gasteiger partial charge in [-0.25, -0.2) is 0 Å². The lowest BCUT2D eigenvalue weighted by Crippen LogP contribution is -2.56. The molecule has 0 fully saturated rings. The maximum atomic E-state index is 12.8. The van der Waals surface area contributed by atoms with Gasteiger partial charge < -0.3 is 25.5 Å². The first-order valence-corrected chi connectivity index (χ1v) is 10.7. The maximum absolute atomic E-state index is 12.8. The van der Waals surface area contributed by atoms with Crippen molar-refractivity contribution in [2.24, 2.45) is 11.8 Å². The van der Waals surface area contributed by atoms with Crippen LogP contribution in [0, 0.1) is 11.8 Å². The first kappa shape index (κ1) is 28.5. The highest BCUT2D eigenvalue weighted by Crippen LogP contribution is 2.11. The van der Waals surface area contributed by atoms with Crippen molar-refractivity contribution in [2.75, 3.05) is 0 Å². The van der Waals surface area contributed by atoms with E-state index >= 15 is 0 Å². The minimum atomic E-state index is -1.25. The van der Waals surface area contributed by atoms with E-state index in [1.54, 1.807) is 20.8 Å². The van der Waals surface area contributed by atoms with Gasteiger partial charge in [-0.15, -0.1) is 0 Å². The molecule has 0 unspecified atom stereocenters. The summed E-state index contributed by atoms with van der Waals surface area (Å²) < 4.78 is 5.28. The Morgan fingerprint density at radius 3 is 1.77 bits per heavy atom. The highest BCUT2D eigenvalue weighted by atomic mass is 16.6. The number of aldehydes is 1. The van der Waals surface area contributed by atoms with E-state index in [2.05, 4.69) is 16.0 Å². The number of rotatable bonds is 12. The second-order valence-electron chi connectivity index (χ2n) is 9.62. The van der Waals surface area contributed by atoms with Gasteiger partial charge >= 0.3 is 5.97 Å². The third-order valence-corrected chi connectivity index (χ3v) is 4.04. The fourth-order valence-electron chi connectivity index (χ4n) is 2.92. The molecule has 178 valence electrons. The van der Waals surface area contributed by atoms with Gasteiger partial charge in [0.15, 0.2) is 0 Å². The molecular formula is C22H39N3O6. The van der Waals surface area contributed by atoms with E-state index in [9.17, 15) is 24.0 Å². The summed E-state index contributed by atoms with van der Waals surface area (Å²) >= 11 is 0. The summed E-state index contributed by atoms with van der Waals surface area (Å²) in [6.45, 7) is 14.0. The molecule has 9 nitrogen and oxygen atoms in total. The molecule has 3 N–H and O–H groups in total. The van der Waals surface area contributed by atoms with E-state index in [-0.39, 0.29) is 17.7 Å². The van der Waals surface area contributed by atoms with Crippen LogP contribution < -0.4 is 16.0 Å².